The van der Waals surface area contributed by atoms with Crippen LogP contribution in [0.4, 0.5) is 5.13 Å². The zero-order chi connectivity index (χ0) is 14.7. The van der Waals surface area contributed by atoms with Gasteiger partial charge in [-0.25, -0.2) is 4.98 Å². The molecule has 0 aliphatic heterocycles. The minimum atomic E-state index is -0.306. The molecule has 106 valence electrons. The molecule has 0 unspecified atom stereocenters. The van der Waals surface area contributed by atoms with Gasteiger partial charge in [-0.2, -0.15) is 0 Å². The van der Waals surface area contributed by atoms with E-state index in [1.165, 1.54) is 18.3 Å². The number of rotatable bonds is 4. The van der Waals surface area contributed by atoms with E-state index in [2.05, 4.69) is 15.6 Å². The summed E-state index contributed by atoms with van der Waals surface area (Å²) in [4.78, 5) is 27.0. The Morgan fingerprint density at radius 1 is 1.40 bits per heavy atom. The Kier molecular flexibility index (Phi) is 4.19. The molecule has 6 nitrogen and oxygen atoms in total. The molecule has 0 radical (unpaired) electrons. The molecule has 0 spiro atoms. The number of anilines is 1. The molecule has 2 rings (SSSR count). The number of nitrogens with one attached hydrogen (secondary N) is 2. The first-order chi connectivity index (χ1) is 9.45. The summed E-state index contributed by atoms with van der Waals surface area (Å²) in [5.41, 5.74) is 0.272. The summed E-state index contributed by atoms with van der Waals surface area (Å²) in [6, 6.07) is 3.42. The monoisotopic (exact) mass is 293 g/mol. The third-order valence-corrected chi connectivity index (χ3v) is 3.31. The Balaban J connectivity index is 2.01. The van der Waals surface area contributed by atoms with Gasteiger partial charge in [-0.1, -0.05) is 0 Å². The lowest BCUT2D eigenvalue weighted by molar-refractivity contribution is -0.114. The van der Waals surface area contributed by atoms with Gasteiger partial charge in [0.15, 0.2) is 5.13 Å². The lowest BCUT2D eigenvalue weighted by Crippen LogP contribution is -2.26. The second-order valence-electron chi connectivity index (χ2n) is 4.36. The van der Waals surface area contributed by atoms with E-state index in [0.29, 0.717) is 10.9 Å². The van der Waals surface area contributed by atoms with Gasteiger partial charge in [0.2, 0.25) is 5.91 Å². The van der Waals surface area contributed by atoms with Crippen molar-refractivity contribution in [2.75, 3.05) is 5.32 Å². The second-order valence-corrected chi connectivity index (χ2v) is 5.22. The fourth-order valence-electron chi connectivity index (χ4n) is 1.61. The molecular formula is C13H15N3O3S. The second kappa shape index (κ2) is 5.87. The molecule has 0 fully saturated rings. The minimum absolute atomic E-state index is 0.217. The van der Waals surface area contributed by atoms with E-state index in [9.17, 15) is 9.59 Å². The minimum Gasteiger partial charge on any atom is -0.464 e. The highest BCUT2D eigenvalue weighted by Crippen LogP contribution is 2.18. The van der Waals surface area contributed by atoms with E-state index < -0.39 is 0 Å². The van der Waals surface area contributed by atoms with Crippen LogP contribution in [0.1, 0.15) is 41.9 Å². The molecule has 2 N–H and O–H groups in total. The summed E-state index contributed by atoms with van der Waals surface area (Å²) in [7, 11) is 0. The van der Waals surface area contributed by atoms with Crippen molar-refractivity contribution < 1.29 is 14.0 Å². The van der Waals surface area contributed by atoms with Gasteiger partial charge in [0.25, 0.3) is 5.91 Å². The predicted molar refractivity (Wildman–Crippen MR) is 75.7 cm³/mol. The molecule has 0 aliphatic rings. The van der Waals surface area contributed by atoms with E-state index >= 15 is 0 Å². The van der Waals surface area contributed by atoms with Crippen molar-refractivity contribution in [1.29, 1.82) is 0 Å². The summed E-state index contributed by atoms with van der Waals surface area (Å²) < 4.78 is 5.45. The first kappa shape index (κ1) is 14.3. The predicted octanol–water partition coefficient (Wildman–Crippen LogP) is 2.49. The number of aromatic nitrogens is 1. The third kappa shape index (κ3) is 3.45. The molecule has 0 bridgehead atoms. The van der Waals surface area contributed by atoms with Crippen molar-refractivity contribution in [1.82, 2.24) is 10.3 Å². The number of amides is 2. The number of thiazole rings is 1. The Hall–Kier alpha value is -2.15. The van der Waals surface area contributed by atoms with Crippen molar-refractivity contribution in [3.05, 3.63) is 34.7 Å². The summed E-state index contributed by atoms with van der Waals surface area (Å²) in [6.07, 6.45) is 0. The fraction of sp³-hybridized carbons (Fsp3) is 0.308. The van der Waals surface area contributed by atoms with Crippen LogP contribution in [0.15, 0.2) is 21.9 Å². The highest BCUT2D eigenvalue weighted by atomic mass is 32.1. The van der Waals surface area contributed by atoms with Gasteiger partial charge in [-0.3, -0.25) is 9.59 Å². The third-order valence-electron chi connectivity index (χ3n) is 2.56. The molecule has 2 heterocycles. The maximum atomic E-state index is 12.0. The summed E-state index contributed by atoms with van der Waals surface area (Å²) in [5.74, 6) is 0.959. The van der Waals surface area contributed by atoms with Gasteiger partial charge in [0.05, 0.1) is 6.04 Å². The average Bonchev–Trinajstić information content (AvgIpc) is 2.97. The molecule has 0 saturated heterocycles. The normalized spacial score (nSPS) is 11.9. The first-order valence-corrected chi connectivity index (χ1v) is 6.94. The molecule has 1 atom stereocenters. The topological polar surface area (TPSA) is 84.2 Å². The van der Waals surface area contributed by atoms with Crippen molar-refractivity contribution in [3.8, 4) is 0 Å². The van der Waals surface area contributed by atoms with Crippen molar-refractivity contribution in [2.45, 2.75) is 26.8 Å². The van der Waals surface area contributed by atoms with E-state index in [1.807, 2.05) is 26.0 Å². The maximum absolute atomic E-state index is 12.0. The van der Waals surface area contributed by atoms with Crippen molar-refractivity contribution in [3.63, 3.8) is 0 Å². The van der Waals surface area contributed by atoms with Gasteiger partial charge < -0.3 is 15.1 Å². The van der Waals surface area contributed by atoms with E-state index in [1.54, 1.807) is 5.38 Å². The van der Waals surface area contributed by atoms with E-state index in [4.69, 9.17) is 4.42 Å². The van der Waals surface area contributed by atoms with Crippen LogP contribution in [0, 0.1) is 6.92 Å². The van der Waals surface area contributed by atoms with Crippen LogP contribution >= 0.6 is 11.3 Å². The molecule has 2 amide bonds. The molecule has 0 saturated carbocycles. The van der Waals surface area contributed by atoms with Gasteiger partial charge in [-0.05, 0) is 26.0 Å². The van der Waals surface area contributed by atoms with Gasteiger partial charge in [0.1, 0.15) is 17.2 Å². The summed E-state index contributed by atoms with van der Waals surface area (Å²) in [5, 5.41) is 7.33. The Bertz CT molecular complexity index is 632. The first-order valence-electron chi connectivity index (χ1n) is 6.06. The van der Waals surface area contributed by atoms with Crippen LogP contribution in [0.3, 0.4) is 0 Å². The Morgan fingerprint density at radius 2 is 2.15 bits per heavy atom. The molecule has 7 heteroatoms. The van der Waals surface area contributed by atoms with Crippen LogP contribution < -0.4 is 10.6 Å². The highest BCUT2D eigenvalue weighted by Gasteiger charge is 2.16. The van der Waals surface area contributed by atoms with Crippen LogP contribution in [0.2, 0.25) is 0 Å². The van der Waals surface area contributed by atoms with Crippen LogP contribution in [0.5, 0.6) is 0 Å². The lowest BCUT2D eigenvalue weighted by atomic mass is 10.2. The van der Waals surface area contributed by atoms with Crippen LogP contribution in [0.25, 0.3) is 0 Å². The largest absolute Gasteiger partial charge is 0.464 e. The molecule has 2 aromatic heterocycles. The van der Waals surface area contributed by atoms with Crippen LogP contribution in [-0.4, -0.2) is 16.8 Å². The van der Waals surface area contributed by atoms with Gasteiger partial charge in [0, 0.05) is 12.3 Å². The van der Waals surface area contributed by atoms with Gasteiger partial charge >= 0.3 is 0 Å². The summed E-state index contributed by atoms with van der Waals surface area (Å²) in [6.45, 7) is 5.07. The van der Waals surface area contributed by atoms with Gasteiger partial charge in [-0.15, -0.1) is 11.3 Å². The summed E-state index contributed by atoms with van der Waals surface area (Å²) >= 11 is 1.21. The number of hydrogen-bond donors (Lipinski definition) is 2. The van der Waals surface area contributed by atoms with E-state index in [-0.39, 0.29) is 23.6 Å². The fourth-order valence-corrected chi connectivity index (χ4v) is 2.35. The maximum Gasteiger partial charge on any atom is 0.271 e. The SMILES string of the molecule is CC(=O)Nc1nc(C(=O)N[C@@H](C)c2ccc(C)o2)cs1. The Labute approximate surface area is 120 Å². The van der Waals surface area contributed by atoms with E-state index in [0.717, 1.165) is 5.76 Å². The van der Waals surface area contributed by atoms with Crippen LogP contribution in [-0.2, 0) is 4.79 Å². The zero-order valence-electron chi connectivity index (χ0n) is 11.4. The molecule has 20 heavy (non-hydrogen) atoms. The number of aryl methyl sites for hydroxylation is 1. The molecule has 2 aromatic rings. The number of carbonyl (C=O) groups excluding carboxylic acids is 2. The highest BCUT2D eigenvalue weighted by molar-refractivity contribution is 7.14. The molecular weight excluding hydrogens is 278 g/mol. The number of furan rings is 1. The number of carbonyl (C=O) groups is 2. The standard InChI is InChI=1S/C13H15N3O3S/c1-7-4-5-11(19-7)8(2)14-12(18)10-6-20-13(16-10)15-9(3)17/h4-6,8H,1-3H3,(H,14,18)(H,15,16,17)/t8-/m0/s1. The van der Waals surface area contributed by atoms with Crippen molar-refractivity contribution >= 4 is 28.3 Å². The quantitative estimate of drug-likeness (QED) is 0.907. The number of nitrogens with zero attached hydrogens (tertiary/aromatic N) is 1. The number of hydrogen-bond acceptors (Lipinski definition) is 5. The Morgan fingerprint density at radius 3 is 2.75 bits per heavy atom. The average molecular weight is 293 g/mol. The zero-order valence-corrected chi connectivity index (χ0v) is 12.2. The lowest BCUT2D eigenvalue weighted by Gasteiger charge is -2.09. The van der Waals surface area contributed by atoms with Crippen molar-refractivity contribution in [2.24, 2.45) is 0 Å². The molecule has 0 aliphatic carbocycles. The smallest absolute Gasteiger partial charge is 0.271 e. The molecule has 0 aromatic carbocycles.